The fourth-order valence-electron chi connectivity index (χ4n) is 2.44. The molecule has 0 bridgehead atoms. The number of rotatable bonds is 4. The topological polar surface area (TPSA) is 42.2 Å². The highest BCUT2D eigenvalue weighted by atomic mass is 35.5. The van der Waals surface area contributed by atoms with Crippen molar-refractivity contribution < 1.29 is 8.63 Å². The minimum Gasteiger partial charge on any atom is -0.467 e. The van der Waals surface area contributed by atoms with Crippen LogP contribution in [0.3, 0.4) is 0 Å². The maximum atomic E-state index is 11.4. The van der Waals surface area contributed by atoms with E-state index in [0.717, 1.165) is 39.3 Å². The second-order valence-corrected chi connectivity index (χ2v) is 8.32. The molecule has 3 nitrogen and oxygen atoms in total. The normalized spacial score (nSPS) is 24.6. The number of hydrogen-bond acceptors (Lipinski definition) is 4. The van der Waals surface area contributed by atoms with Gasteiger partial charge in [-0.2, -0.15) is 0 Å². The van der Waals surface area contributed by atoms with Gasteiger partial charge in [0.2, 0.25) is 0 Å². The summed E-state index contributed by atoms with van der Waals surface area (Å²) in [4.78, 5) is 1.15. The molecule has 108 valence electrons. The van der Waals surface area contributed by atoms with Crippen molar-refractivity contribution in [1.82, 2.24) is 5.32 Å². The van der Waals surface area contributed by atoms with Crippen molar-refractivity contribution in [3.05, 3.63) is 45.5 Å². The Balaban J connectivity index is 1.78. The van der Waals surface area contributed by atoms with Gasteiger partial charge in [0.25, 0.3) is 0 Å². The highest BCUT2D eigenvalue weighted by Gasteiger charge is 2.25. The standard InChI is InChI=1S/C14H16ClNO2S2/c15-13-4-3-12(19-13)14(11-2-1-7-18-11)16-10-5-8-20(17)9-6-10/h1-4,7,10,14,16H,5-6,8-9H2. The van der Waals surface area contributed by atoms with Gasteiger partial charge in [-0.1, -0.05) is 11.6 Å². The first-order chi connectivity index (χ1) is 9.72. The lowest BCUT2D eigenvalue weighted by Gasteiger charge is -2.26. The van der Waals surface area contributed by atoms with Crippen LogP contribution in [0, 0.1) is 0 Å². The molecule has 3 heterocycles. The van der Waals surface area contributed by atoms with Crippen molar-refractivity contribution in [2.45, 2.75) is 24.9 Å². The SMILES string of the molecule is O=S1CCC(NC(c2ccco2)c2ccc(Cl)s2)CC1. The summed E-state index contributed by atoms with van der Waals surface area (Å²) in [5.74, 6) is 2.47. The van der Waals surface area contributed by atoms with Crippen molar-refractivity contribution in [3.63, 3.8) is 0 Å². The number of furan rings is 1. The van der Waals surface area contributed by atoms with Gasteiger partial charge < -0.3 is 9.73 Å². The summed E-state index contributed by atoms with van der Waals surface area (Å²) in [6.07, 6.45) is 3.58. The first-order valence-corrected chi connectivity index (χ1v) is 9.30. The summed E-state index contributed by atoms with van der Waals surface area (Å²) in [6.45, 7) is 0. The summed E-state index contributed by atoms with van der Waals surface area (Å²) in [7, 11) is -0.635. The van der Waals surface area contributed by atoms with E-state index in [1.807, 2.05) is 24.3 Å². The van der Waals surface area contributed by atoms with E-state index in [0.29, 0.717) is 6.04 Å². The van der Waals surface area contributed by atoms with E-state index >= 15 is 0 Å². The van der Waals surface area contributed by atoms with Gasteiger partial charge >= 0.3 is 0 Å². The summed E-state index contributed by atoms with van der Waals surface area (Å²) < 4.78 is 17.8. The fraction of sp³-hybridized carbons (Fsp3) is 0.429. The van der Waals surface area contributed by atoms with Crippen molar-refractivity contribution in [2.24, 2.45) is 0 Å². The Morgan fingerprint density at radius 2 is 2.15 bits per heavy atom. The Bertz CT molecular complexity index is 572. The molecule has 20 heavy (non-hydrogen) atoms. The number of thiophene rings is 1. The van der Waals surface area contributed by atoms with E-state index in [9.17, 15) is 4.21 Å². The maximum Gasteiger partial charge on any atom is 0.126 e. The van der Waals surface area contributed by atoms with Crippen molar-refractivity contribution in [1.29, 1.82) is 0 Å². The lowest BCUT2D eigenvalue weighted by molar-refractivity contribution is 0.391. The lowest BCUT2D eigenvalue weighted by atomic mass is 10.1. The molecule has 1 unspecified atom stereocenters. The Morgan fingerprint density at radius 1 is 1.35 bits per heavy atom. The van der Waals surface area contributed by atoms with Crippen molar-refractivity contribution in [2.75, 3.05) is 11.5 Å². The Morgan fingerprint density at radius 3 is 2.75 bits per heavy atom. The van der Waals surface area contributed by atoms with Gasteiger partial charge in [0, 0.05) is 33.2 Å². The molecule has 0 aliphatic carbocycles. The first kappa shape index (κ1) is 14.3. The van der Waals surface area contributed by atoms with Crippen molar-refractivity contribution >= 4 is 33.7 Å². The average molecular weight is 330 g/mol. The third-order valence-corrected chi connectivity index (χ3v) is 6.17. The molecular formula is C14H16ClNO2S2. The molecule has 1 saturated heterocycles. The van der Waals surface area contributed by atoms with E-state index in [4.69, 9.17) is 16.0 Å². The summed E-state index contributed by atoms with van der Waals surface area (Å²) >= 11 is 7.61. The van der Waals surface area contributed by atoms with E-state index in [1.54, 1.807) is 17.6 Å². The second kappa shape index (κ2) is 6.43. The van der Waals surface area contributed by atoms with Gasteiger partial charge in [-0.15, -0.1) is 11.3 Å². The van der Waals surface area contributed by atoms with Crippen LogP contribution in [0.2, 0.25) is 4.34 Å². The van der Waals surface area contributed by atoms with Crippen LogP contribution in [0.15, 0.2) is 34.9 Å². The molecule has 0 spiro atoms. The van der Waals surface area contributed by atoms with Gasteiger partial charge in [-0.25, -0.2) is 0 Å². The molecule has 1 atom stereocenters. The van der Waals surface area contributed by atoms with E-state index in [-0.39, 0.29) is 6.04 Å². The largest absolute Gasteiger partial charge is 0.467 e. The molecule has 2 aromatic heterocycles. The highest BCUT2D eigenvalue weighted by Crippen LogP contribution is 2.32. The van der Waals surface area contributed by atoms with Crippen LogP contribution in [0.1, 0.15) is 29.5 Å². The summed E-state index contributed by atoms with van der Waals surface area (Å²) in [5, 5.41) is 3.63. The summed E-state index contributed by atoms with van der Waals surface area (Å²) in [5.41, 5.74) is 0. The molecular weight excluding hydrogens is 314 g/mol. The molecule has 1 fully saturated rings. The number of hydrogen-bond donors (Lipinski definition) is 1. The molecule has 0 radical (unpaired) electrons. The predicted molar refractivity (Wildman–Crippen MR) is 83.9 cm³/mol. The molecule has 1 N–H and O–H groups in total. The Hall–Kier alpha value is -0.620. The molecule has 0 amide bonds. The maximum absolute atomic E-state index is 11.4. The Labute approximate surface area is 129 Å². The third kappa shape index (κ3) is 3.34. The molecule has 3 rings (SSSR count). The molecule has 2 aromatic rings. The average Bonchev–Trinajstić information content (AvgIpc) is 3.09. The molecule has 1 aliphatic heterocycles. The zero-order chi connectivity index (χ0) is 13.9. The molecule has 6 heteroatoms. The predicted octanol–water partition coefficient (Wildman–Crippen LogP) is 3.58. The van der Waals surface area contributed by atoms with Gasteiger partial charge in [-0.3, -0.25) is 4.21 Å². The Kier molecular flexibility index (Phi) is 4.61. The third-order valence-electron chi connectivity index (χ3n) is 3.50. The lowest BCUT2D eigenvalue weighted by Crippen LogP contribution is -2.38. The van der Waals surface area contributed by atoms with Gasteiger partial charge in [-0.05, 0) is 37.1 Å². The fourth-order valence-corrected chi connectivity index (χ4v) is 4.87. The van der Waals surface area contributed by atoms with Crippen LogP contribution >= 0.6 is 22.9 Å². The van der Waals surface area contributed by atoms with Crippen LogP contribution in [0.5, 0.6) is 0 Å². The van der Waals surface area contributed by atoms with E-state index < -0.39 is 10.8 Å². The van der Waals surface area contributed by atoms with E-state index in [1.165, 1.54) is 0 Å². The smallest absolute Gasteiger partial charge is 0.126 e. The van der Waals surface area contributed by atoms with Crippen LogP contribution in [0.25, 0.3) is 0 Å². The minimum absolute atomic E-state index is 0.0269. The second-order valence-electron chi connectivity index (χ2n) is 4.88. The monoisotopic (exact) mass is 329 g/mol. The zero-order valence-corrected chi connectivity index (χ0v) is 13.3. The van der Waals surface area contributed by atoms with Crippen LogP contribution < -0.4 is 5.32 Å². The highest BCUT2D eigenvalue weighted by molar-refractivity contribution is 7.85. The van der Waals surface area contributed by atoms with Crippen LogP contribution in [-0.2, 0) is 10.8 Å². The van der Waals surface area contributed by atoms with Gasteiger partial charge in [0.05, 0.1) is 10.6 Å². The van der Waals surface area contributed by atoms with E-state index in [2.05, 4.69) is 5.32 Å². The zero-order valence-electron chi connectivity index (χ0n) is 10.9. The van der Waals surface area contributed by atoms with Crippen LogP contribution in [0.4, 0.5) is 0 Å². The first-order valence-electron chi connectivity index (χ1n) is 6.62. The molecule has 0 saturated carbocycles. The molecule has 1 aliphatic rings. The number of halogens is 1. The number of nitrogens with one attached hydrogen (secondary N) is 1. The quantitative estimate of drug-likeness (QED) is 0.932. The van der Waals surface area contributed by atoms with Gasteiger partial charge in [0.1, 0.15) is 11.8 Å². The minimum atomic E-state index is -0.635. The molecule has 0 aromatic carbocycles. The summed E-state index contributed by atoms with van der Waals surface area (Å²) in [6, 6.07) is 8.23. The van der Waals surface area contributed by atoms with Gasteiger partial charge in [0.15, 0.2) is 0 Å². The van der Waals surface area contributed by atoms with Crippen LogP contribution in [-0.4, -0.2) is 21.8 Å². The van der Waals surface area contributed by atoms with Crippen molar-refractivity contribution in [3.8, 4) is 0 Å².